The molecule has 0 aromatic carbocycles. The summed E-state index contributed by atoms with van der Waals surface area (Å²) >= 11 is 0. The van der Waals surface area contributed by atoms with Gasteiger partial charge in [0.2, 0.25) is 11.8 Å². The van der Waals surface area contributed by atoms with E-state index < -0.39 is 24.1 Å². The zero-order valence-electron chi connectivity index (χ0n) is 16.1. The van der Waals surface area contributed by atoms with Crippen molar-refractivity contribution >= 4 is 17.9 Å². The van der Waals surface area contributed by atoms with Gasteiger partial charge in [0, 0.05) is 12.5 Å². The van der Waals surface area contributed by atoms with Crippen LogP contribution in [0.25, 0.3) is 0 Å². The average molecular weight is 371 g/mol. The number of carboxylic acid groups (broad SMARTS) is 1. The first kappa shape index (κ1) is 22.2. The second-order valence-corrected chi connectivity index (χ2v) is 7.74. The van der Waals surface area contributed by atoms with E-state index >= 15 is 0 Å². The molecule has 0 aromatic heterocycles. The number of aliphatic hydroxyl groups is 1. The van der Waals surface area contributed by atoms with Crippen LogP contribution in [-0.2, 0) is 9.59 Å². The minimum atomic E-state index is -1.30. The lowest BCUT2D eigenvalue weighted by Crippen LogP contribution is -2.53. The fraction of sp³-hybridized carbons (Fsp3) is 0.833. The van der Waals surface area contributed by atoms with Crippen LogP contribution in [0.3, 0.4) is 0 Å². The predicted octanol–water partition coefficient (Wildman–Crippen LogP) is 0.944. The Kier molecular flexibility index (Phi) is 8.84. The van der Waals surface area contributed by atoms with E-state index in [1.807, 2.05) is 5.32 Å². The first-order valence-electron chi connectivity index (χ1n) is 9.34. The molecule has 0 spiro atoms. The van der Waals surface area contributed by atoms with Crippen LogP contribution in [-0.4, -0.2) is 53.4 Å². The molecule has 0 aliphatic heterocycles. The number of amides is 3. The third-order valence-electron chi connectivity index (χ3n) is 5.18. The molecule has 5 N–H and O–H groups in total. The summed E-state index contributed by atoms with van der Waals surface area (Å²) in [6.07, 6.45) is 1.73. The average Bonchev–Trinajstić information content (AvgIpc) is 2.56. The summed E-state index contributed by atoms with van der Waals surface area (Å²) in [7, 11) is 0. The topological polar surface area (TPSA) is 128 Å². The molecule has 8 heteroatoms. The molecule has 1 rings (SSSR count). The molecule has 150 valence electrons. The Balaban J connectivity index is 2.56. The second kappa shape index (κ2) is 10.4. The van der Waals surface area contributed by atoms with Crippen LogP contribution in [0.15, 0.2) is 0 Å². The predicted molar refractivity (Wildman–Crippen MR) is 97.5 cm³/mol. The highest BCUT2D eigenvalue weighted by Gasteiger charge is 2.35. The Bertz CT molecular complexity index is 497. The molecular formula is C18H33N3O5. The van der Waals surface area contributed by atoms with E-state index in [9.17, 15) is 19.5 Å². The molecule has 5 atom stereocenters. The highest BCUT2D eigenvalue weighted by Crippen LogP contribution is 2.38. The van der Waals surface area contributed by atoms with Gasteiger partial charge in [-0.1, -0.05) is 27.2 Å². The van der Waals surface area contributed by atoms with Gasteiger partial charge in [0.05, 0.1) is 12.6 Å². The number of nitrogens with one attached hydrogen (secondary N) is 3. The van der Waals surface area contributed by atoms with E-state index in [0.29, 0.717) is 17.8 Å². The molecule has 0 saturated heterocycles. The highest BCUT2D eigenvalue weighted by atomic mass is 16.4. The van der Waals surface area contributed by atoms with Crippen LogP contribution in [0.4, 0.5) is 4.79 Å². The third-order valence-corrected chi connectivity index (χ3v) is 5.18. The maximum absolute atomic E-state index is 12.6. The van der Waals surface area contributed by atoms with Crippen LogP contribution >= 0.6 is 0 Å². The van der Waals surface area contributed by atoms with Crippen LogP contribution < -0.4 is 16.0 Å². The molecule has 1 fully saturated rings. The van der Waals surface area contributed by atoms with E-state index in [4.69, 9.17) is 5.11 Å². The SMILES string of the molecule is CC(NC(=O)O)C(=O)NC(CO)CNC(=O)[C@@H]1C[C@H](C)CC[C@H]1C(C)C. The summed E-state index contributed by atoms with van der Waals surface area (Å²) < 4.78 is 0. The van der Waals surface area contributed by atoms with Crippen molar-refractivity contribution in [2.45, 2.75) is 59.0 Å². The van der Waals surface area contributed by atoms with Gasteiger partial charge in [-0.2, -0.15) is 0 Å². The quantitative estimate of drug-likeness (QED) is 0.434. The number of hydrogen-bond acceptors (Lipinski definition) is 4. The van der Waals surface area contributed by atoms with Crippen molar-refractivity contribution < 1.29 is 24.6 Å². The maximum atomic E-state index is 12.6. The zero-order valence-corrected chi connectivity index (χ0v) is 16.1. The van der Waals surface area contributed by atoms with E-state index in [1.165, 1.54) is 6.92 Å². The number of rotatable bonds is 8. The van der Waals surface area contributed by atoms with Gasteiger partial charge in [-0.25, -0.2) is 4.79 Å². The maximum Gasteiger partial charge on any atom is 0.405 e. The van der Waals surface area contributed by atoms with Crippen molar-refractivity contribution in [2.75, 3.05) is 13.2 Å². The summed E-state index contributed by atoms with van der Waals surface area (Å²) in [5.41, 5.74) is 0. The van der Waals surface area contributed by atoms with Crippen LogP contribution in [0, 0.1) is 23.7 Å². The van der Waals surface area contributed by atoms with Gasteiger partial charge < -0.3 is 26.2 Å². The molecule has 0 radical (unpaired) electrons. The Hall–Kier alpha value is -1.83. The lowest BCUT2D eigenvalue weighted by atomic mass is 9.70. The van der Waals surface area contributed by atoms with Crippen molar-refractivity contribution in [1.82, 2.24) is 16.0 Å². The van der Waals surface area contributed by atoms with E-state index in [-0.39, 0.29) is 25.0 Å². The molecule has 3 amide bonds. The molecule has 1 saturated carbocycles. The fourth-order valence-corrected chi connectivity index (χ4v) is 3.60. The van der Waals surface area contributed by atoms with Gasteiger partial charge in [-0.15, -0.1) is 0 Å². The number of aliphatic hydroxyl groups excluding tert-OH is 1. The normalized spacial score (nSPS) is 25.2. The lowest BCUT2D eigenvalue weighted by Gasteiger charge is -2.36. The summed E-state index contributed by atoms with van der Waals surface area (Å²) in [5.74, 6) is 0.632. The molecular weight excluding hydrogens is 338 g/mol. The summed E-state index contributed by atoms with van der Waals surface area (Å²) in [5, 5.41) is 25.5. The smallest absolute Gasteiger partial charge is 0.405 e. The van der Waals surface area contributed by atoms with Gasteiger partial charge in [-0.05, 0) is 37.5 Å². The molecule has 0 heterocycles. The van der Waals surface area contributed by atoms with Crippen LogP contribution in [0.5, 0.6) is 0 Å². The summed E-state index contributed by atoms with van der Waals surface area (Å²) in [6.45, 7) is 7.59. The van der Waals surface area contributed by atoms with Crippen molar-refractivity contribution in [3.05, 3.63) is 0 Å². The van der Waals surface area contributed by atoms with Crippen molar-refractivity contribution in [2.24, 2.45) is 23.7 Å². The van der Waals surface area contributed by atoms with Crippen LogP contribution in [0.1, 0.15) is 47.0 Å². The Morgan fingerprint density at radius 2 is 1.77 bits per heavy atom. The van der Waals surface area contributed by atoms with E-state index in [1.54, 1.807) is 0 Å². The highest BCUT2D eigenvalue weighted by molar-refractivity contribution is 5.85. The van der Waals surface area contributed by atoms with Gasteiger partial charge >= 0.3 is 6.09 Å². The number of carbonyl (C=O) groups excluding carboxylic acids is 2. The van der Waals surface area contributed by atoms with Crippen molar-refractivity contribution in [1.29, 1.82) is 0 Å². The largest absolute Gasteiger partial charge is 0.465 e. The van der Waals surface area contributed by atoms with Gasteiger partial charge in [0.25, 0.3) is 0 Å². The van der Waals surface area contributed by atoms with Gasteiger partial charge in [-0.3, -0.25) is 9.59 Å². The molecule has 26 heavy (non-hydrogen) atoms. The second-order valence-electron chi connectivity index (χ2n) is 7.74. The summed E-state index contributed by atoms with van der Waals surface area (Å²) in [4.78, 5) is 35.1. The van der Waals surface area contributed by atoms with Gasteiger partial charge in [0.15, 0.2) is 0 Å². The molecule has 8 nitrogen and oxygen atoms in total. The summed E-state index contributed by atoms with van der Waals surface area (Å²) in [6, 6.07) is -1.61. The van der Waals surface area contributed by atoms with Crippen LogP contribution in [0.2, 0.25) is 0 Å². The van der Waals surface area contributed by atoms with Crippen molar-refractivity contribution in [3.8, 4) is 0 Å². The minimum absolute atomic E-state index is 0.0420. The molecule has 2 unspecified atom stereocenters. The molecule has 1 aliphatic carbocycles. The number of carbonyl (C=O) groups is 3. The standard InChI is InChI=1S/C18H33N3O5/c1-10(2)14-6-5-11(3)7-15(14)17(24)19-8-13(9-22)21-16(23)12(4)20-18(25)26/h10-15,20,22H,5-9H2,1-4H3,(H,19,24)(H,21,23)(H,25,26)/t11-,12?,13?,14+,15-/m1/s1. The third kappa shape index (κ3) is 6.82. The first-order chi connectivity index (χ1) is 12.1. The first-order valence-corrected chi connectivity index (χ1v) is 9.34. The van der Waals surface area contributed by atoms with Gasteiger partial charge in [0.1, 0.15) is 6.04 Å². The number of hydrogen-bond donors (Lipinski definition) is 5. The molecule has 0 aromatic rings. The Morgan fingerprint density at radius 3 is 2.31 bits per heavy atom. The Labute approximate surface area is 155 Å². The monoisotopic (exact) mass is 371 g/mol. The molecule has 0 bridgehead atoms. The van der Waals surface area contributed by atoms with Crippen molar-refractivity contribution in [3.63, 3.8) is 0 Å². The molecule has 1 aliphatic rings. The van der Waals surface area contributed by atoms with E-state index in [0.717, 1.165) is 19.3 Å². The van der Waals surface area contributed by atoms with E-state index in [2.05, 4.69) is 31.4 Å². The lowest BCUT2D eigenvalue weighted by molar-refractivity contribution is -0.130. The fourth-order valence-electron chi connectivity index (χ4n) is 3.60. The Morgan fingerprint density at radius 1 is 1.12 bits per heavy atom. The minimum Gasteiger partial charge on any atom is -0.465 e. The zero-order chi connectivity index (χ0) is 19.9.